The summed E-state index contributed by atoms with van der Waals surface area (Å²) in [5, 5.41) is 8.27. The zero-order chi connectivity index (χ0) is 18.1. The Bertz CT molecular complexity index is 747. The first-order valence-electron chi connectivity index (χ1n) is 6.41. The third-order valence-electron chi connectivity index (χ3n) is 2.75. The van der Waals surface area contributed by atoms with Crippen molar-refractivity contribution in [3.05, 3.63) is 12.2 Å². The van der Waals surface area contributed by atoms with E-state index in [-0.39, 0.29) is 23.4 Å². The van der Waals surface area contributed by atoms with E-state index in [0.29, 0.717) is 22.5 Å². The van der Waals surface area contributed by atoms with Gasteiger partial charge in [-0.1, -0.05) is 23.9 Å². The lowest BCUT2D eigenvalue weighted by Crippen LogP contribution is -2.34. The number of thioether (sulfide) groups is 2. The first-order chi connectivity index (χ1) is 11.1. The van der Waals surface area contributed by atoms with Crippen molar-refractivity contribution in [3.63, 3.8) is 0 Å². The minimum absolute atomic E-state index is 0.0810. The second-order valence-corrected chi connectivity index (χ2v) is 7.88. The highest BCUT2D eigenvalue weighted by Crippen LogP contribution is 2.30. The Morgan fingerprint density at radius 1 is 1.42 bits per heavy atom. The molecule has 13 heteroatoms. The Morgan fingerprint density at radius 2 is 2.04 bits per heavy atom. The summed E-state index contributed by atoms with van der Waals surface area (Å²) in [5.41, 5.74) is -0.867. The third kappa shape index (κ3) is 4.57. The second kappa shape index (κ2) is 7.23. The van der Waals surface area contributed by atoms with Crippen molar-refractivity contribution in [1.29, 1.82) is 0 Å². The molecule has 2 rings (SSSR count). The summed E-state index contributed by atoms with van der Waals surface area (Å²) in [6.07, 6.45) is 0. The number of carbonyl (C=O) groups excluding carboxylic acids is 2. The van der Waals surface area contributed by atoms with Crippen LogP contribution in [0, 0.1) is 0 Å². The molecule has 0 aromatic heterocycles. The lowest BCUT2D eigenvalue weighted by molar-refractivity contribution is -0.130. The highest BCUT2D eigenvalue weighted by atomic mass is 32.3. The number of carbonyl (C=O) groups is 2. The van der Waals surface area contributed by atoms with E-state index in [0.717, 1.165) is 4.90 Å². The molecule has 1 N–H and O–H groups in total. The zero-order valence-electron chi connectivity index (χ0n) is 12.7. The molecule has 1 unspecified atom stereocenters. The van der Waals surface area contributed by atoms with Crippen LogP contribution in [0.2, 0.25) is 0 Å². The molecular weight excluding hydrogens is 380 g/mol. The van der Waals surface area contributed by atoms with Crippen molar-refractivity contribution < 1.29 is 26.7 Å². The van der Waals surface area contributed by atoms with Gasteiger partial charge in [-0.25, -0.2) is 4.18 Å². The molecule has 2 aliphatic heterocycles. The molecule has 132 valence electrons. The van der Waals surface area contributed by atoms with Crippen LogP contribution in [-0.2, 0) is 24.2 Å². The predicted molar refractivity (Wildman–Crippen MR) is 90.6 cm³/mol. The highest BCUT2D eigenvalue weighted by molar-refractivity contribution is 8.15. The fourth-order valence-electron chi connectivity index (χ4n) is 1.70. The van der Waals surface area contributed by atoms with Crippen LogP contribution in [0.25, 0.3) is 0 Å². The minimum atomic E-state index is -4.80. The van der Waals surface area contributed by atoms with Crippen molar-refractivity contribution >= 4 is 56.1 Å². The molecule has 10 nitrogen and oxygen atoms in total. The lowest BCUT2D eigenvalue weighted by atomic mass is 10.3. The van der Waals surface area contributed by atoms with Crippen LogP contribution >= 0.6 is 23.5 Å². The summed E-state index contributed by atoms with van der Waals surface area (Å²) in [4.78, 5) is 26.1. The van der Waals surface area contributed by atoms with Gasteiger partial charge in [-0.05, 0) is 18.7 Å². The molecule has 2 aliphatic rings. The van der Waals surface area contributed by atoms with Crippen molar-refractivity contribution in [1.82, 2.24) is 9.80 Å². The number of hydrogen-bond acceptors (Lipinski definition) is 9. The van der Waals surface area contributed by atoms with Crippen LogP contribution < -0.4 is 0 Å². The van der Waals surface area contributed by atoms with E-state index in [4.69, 9.17) is 4.55 Å². The van der Waals surface area contributed by atoms with Gasteiger partial charge in [0.25, 0.3) is 5.91 Å². The number of nitrogens with zero attached hydrogens (tertiary/aromatic N) is 4. The first-order valence-corrected chi connectivity index (χ1v) is 9.64. The Kier molecular flexibility index (Phi) is 5.70. The van der Waals surface area contributed by atoms with E-state index in [2.05, 4.69) is 21.0 Å². The van der Waals surface area contributed by atoms with Gasteiger partial charge in [0.2, 0.25) is 11.3 Å². The Morgan fingerprint density at radius 3 is 2.54 bits per heavy atom. The summed E-state index contributed by atoms with van der Waals surface area (Å²) >= 11 is 1.88. The second-order valence-electron chi connectivity index (χ2n) is 4.86. The van der Waals surface area contributed by atoms with Gasteiger partial charge in [0, 0.05) is 13.6 Å². The first kappa shape index (κ1) is 18.9. The van der Waals surface area contributed by atoms with E-state index in [1.807, 2.05) is 0 Å². The van der Waals surface area contributed by atoms with Gasteiger partial charge in [-0.15, -0.1) is 10.2 Å². The average Bonchev–Trinajstić information content (AvgIpc) is 2.90. The molecule has 0 bridgehead atoms. The van der Waals surface area contributed by atoms with Gasteiger partial charge in [-0.3, -0.25) is 23.9 Å². The van der Waals surface area contributed by atoms with Crippen LogP contribution in [0.3, 0.4) is 0 Å². The van der Waals surface area contributed by atoms with Crippen molar-refractivity contribution in [3.8, 4) is 0 Å². The third-order valence-corrected chi connectivity index (χ3v) is 5.34. The Balaban J connectivity index is 2.26. The topological polar surface area (TPSA) is 129 Å². The van der Waals surface area contributed by atoms with Gasteiger partial charge in [0.1, 0.15) is 0 Å². The zero-order valence-corrected chi connectivity index (χ0v) is 15.2. The normalized spacial score (nSPS) is 25.4. The maximum absolute atomic E-state index is 12.2. The van der Waals surface area contributed by atoms with E-state index < -0.39 is 21.7 Å². The Labute approximate surface area is 146 Å². The fraction of sp³-hybridized carbons (Fsp3) is 0.455. The summed E-state index contributed by atoms with van der Waals surface area (Å²) in [6.45, 7) is 5.45. The number of hydrogen-bond donors (Lipinski definition) is 1. The van der Waals surface area contributed by atoms with E-state index >= 15 is 0 Å². The SMILES string of the molecule is C=C(C)CN1C(=O)C(OS(=O)(=O)O)SC1=NN=C1SCC(=O)N1C. The van der Waals surface area contributed by atoms with Gasteiger partial charge in [0.05, 0.1) is 5.75 Å². The summed E-state index contributed by atoms with van der Waals surface area (Å²) < 4.78 is 34.7. The van der Waals surface area contributed by atoms with Crippen LogP contribution in [0.5, 0.6) is 0 Å². The molecule has 1 atom stereocenters. The summed E-state index contributed by atoms with van der Waals surface area (Å²) in [6, 6.07) is 0. The van der Waals surface area contributed by atoms with E-state index in [1.54, 1.807) is 14.0 Å². The van der Waals surface area contributed by atoms with Gasteiger partial charge in [0.15, 0.2) is 10.3 Å². The number of rotatable bonds is 5. The van der Waals surface area contributed by atoms with Crippen molar-refractivity contribution in [2.24, 2.45) is 10.2 Å². The smallest absolute Gasteiger partial charge is 0.292 e. The van der Waals surface area contributed by atoms with Crippen LogP contribution in [0.4, 0.5) is 0 Å². The Hall–Kier alpha value is -1.41. The molecule has 2 fully saturated rings. The molecule has 2 amide bonds. The molecule has 24 heavy (non-hydrogen) atoms. The highest BCUT2D eigenvalue weighted by Gasteiger charge is 2.41. The van der Waals surface area contributed by atoms with E-state index in [1.165, 1.54) is 16.7 Å². The molecule has 2 heterocycles. The molecule has 0 aromatic rings. The minimum Gasteiger partial charge on any atom is -0.292 e. The fourth-order valence-corrected chi connectivity index (χ4v) is 4.09. The molecule has 0 radical (unpaired) electrons. The van der Waals surface area contributed by atoms with Gasteiger partial charge < -0.3 is 0 Å². The number of amides is 2. The van der Waals surface area contributed by atoms with Crippen LogP contribution in [-0.4, -0.2) is 69.7 Å². The van der Waals surface area contributed by atoms with Crippen molar-refractivity contribution in [2.45, 2.75) is 12.4 Å². The largest absolute Gasteiger partial charge is 0.398 e. The average molecular weight is 394 g/mol. The van der Waals surface area contributed by atoms with Crippen LogP contribution in [0.15, 0.2) is 22.4 Å². The predicted octanol–water partition coefficient (Wildman–Crippen LogP) is 0.116. The summed E-state index contributed by atoms with van der Waals surface area (Å²) in [5.74, 6) is -0.584. The standard InChI is InChI=1S/C11H14N4O6S3/c1-6(2)4-15-8(17)9(21-24(18,19)20)23-11(15)13-12-10-14(3)7(16)5-22-10/h9H,1,4-5H2,2-3H3,(H,18,19,20). The summed E-state index contributed by atoms with van der Waals surface area (Å²) in [7, 11) is -3.26. The lowest BCUT2D eigenvalue weighted by Gasteiger charge is -2.15. The molecule has 0 spiro atoms. The van der Waals surface area contributed by atoms with Crippen LogP contribution in [0.1, 0.15) is 6.92 Å². The molecule has 0 aromatic carbocycles. The molecule has 0 saturated carbocycles. The molecular formula is C11H14N4O6S3. The van der Waals surface area contributed by atoms with Gasteiger partial charge in [-0.2, -0.15) is 8.42 Å². The quantitative estimate of drug-likeness (QED) is 0.395. The maximum Gasteiger partial charge on any atom is 0.398 e. The van der Waals surface area contributed by atoms with Gasteiger partial charge >= 0.3 is 10.4 Å². The molecule has 0 aliphatic carbocycles. The monoisotopic (exact) mass is 394 g/mol. The number of amidine groups is 2. The van der Waals surface area contributed by atoms with E-state index in [9.17, 15) is 18.0 Å². The van der Waals surface area contributed by atoms with Crippen molar-refractivity contribution in [2.75, 3.05) is 19.3 Å². The molecule has 2 saturated heterocycles. The maximum atomic E-state index is 12.2.